The third-order valence-corrected chi connectivity index (χ3v) is 3.57. The van der Waals surface area contributed by atoms with Gasteiger partial charge in [0, 0.05) is 30.4 Å². The van der Waals surface area contributed by atoms with Gasteiger partial charge in [-0.05, 0) is 24.8 Å². The molecule has 0 unspecified atom stereocenters. The standard InChI is InChI=1S/C15H21N3O/c1-10(2)15-13(9-18(3)17-15)12-6-7-19-14(12)8-16-11-4-5-11/h6-7,9-11,16H,4-5,8H2,1-3H3. The Labute approximate surface area is 113 Å². The van der Waals surface area contributed by atoms with Crippen LogP contribution in [-0.4, -0.2) is 15.8 Å². The van der Waals surface area contributed by atoms with E-state index in [2.05, 4.69) is 30.5 Å². The van der Waals surface area contributed by atoms with Crippen molar-refractivity contribution in [3.63, 3.8) is 0 Å². The van der Waals surface area contributed by atoms with E-state index < -0.39 is 0 Å². The lowest BCUT2D eigenvalue weighted by Crippen LogP contribution is -2.15. The van der Waals surface area contributed by atoms with Crippen LogP contribution in [0.15, 0.2) is 22.9 Å². The minimum Gasteiger partial charge on any atom is -0.467 e. The summed E-state index contributed by atoms with van der Waals surface area (Å²) in [7, 11) is 1.97. The summed E-state index contributed by atoms with van der Waals surface area (Å²) in [6, 6.07) is 2.74. The number of furan rings is 1. The Morgan fingerprint density at radius 3 is 2.89 bits per heavy atom. The van der Waals surface area contributed by atoms with E-state index in [1.165, 1.54) is 24.0 Å². The van der Waals surface area contributed by atoms with Crippen molar-refractivity contribution >= 4 is 0 Å². The lowest BCUT2D eigenvalue weighted by Gasteiger charge is -2.06. The minimum atomic E-state index is 0.412. The van der Waals surface area contributed by atoms with Crippen molar-refractivity contribution in [1.29, 1.82) is 0 Å². The molecule has 0 aromatic carbocycles. The summed E-state index contributed by atoms with van der Waals surface area (Å²) >= 11 is 0. The molecule has 2 heterocycles. The second-order valence-electron chi connectivity index (χ2n) is 5.67. The van der Waals surface area contributed by atoms with E-state index in [1.54, 1.807) is 6.26 Å². The number of hydrogen-bond donors (Lipinski definition) is 1. The normalized spacial score (nSPS) is 15.4. The molecule has 1 aliphatic carbocycles. The van der Waals surface area contributed by atoms with E-state index in [0.29, 0.717) is 12.0 Å². The number of nitrogens with one attached hydrogen (secondary N) is 1. The van der Waals surface area contributed by atoms with Crippen LogP contribution < -0.4 is 5.32 Å². The van der Waals surface area contributed by atoms with Crippen molar-refractivity contribution in [2.75, 3.05) is 0 Å². The second-order valence-corrected chi connectivity index (χ2v) is 5.67. The fourth-order valence-corrected chi connectivity index (χ4v) is 2.38. The highest BCUT2D eigenvalue weighted by Crippen LogP contribution is 2.31. The van der Waals surface area contributed by atoms with Gasteiger partial charge in [-0.2, -0.15) is 5.10 Å². The quantitative estimate of drug-likeness (QED) is 0.897. The summed E-state index contributed by atoms with van der Waals surface area (Å²) < 4.78 is 7.53. The van der Waals surface area contributed by atoms with Crippen LogP contribution in [0.1, 0.15) is 44.1 Å². The van der Waals surface area contributed by atoms with Gasteiger partial charge in [0.15, 0.2) is 0 Å². The van der Waals surface area contributed by atoms with E-state index in [9.17, 15) is 0 Å². The highest BCUT2D eigenvalue weighted by Gasteiger charge is 2.22. The predicted octanol–water partition coefficient (Wildman–Crippen LogP) is 3.06. The molecular weight excluding hydrogens is 238 g/mol. The summed E-state index contributed by atoms with van der Waals surface area (Å²) in [5.74, 6) is 1.43. The molecule has 1 N–H and O–H groups in total. The van der Waals surface area contributed by atoms with Crippen LogP contribution >= 0.6 is 0 Å². The second kappa shape index (κ2) is 4.85. The van der Waals surface area contributed by atoms with Crippen LogP contribution in [0.3, 0.4) is 0 Å². The van der Waals surface area contributed by atoms with Gasteiger partial charge < -0.3 is 9.73 Å². The average Bonchev–Trinajstić information content (AvgIpc) is 2.93. The number of nitrogens with zero attached hydrogens (tertiary/aromatic N) is 2. The Morgan fingerprint density at radius 2 is 2.21 bits per heavy atom. The van der Waals surface area contributed by atoms with Gasteiger partial charge in [0.05, 0.1) is 18.5 Å². The lowest BCUT2D eigenvalue weighted by atomic mass is 10.0. The molecule has 1 fully saturated rings. The van der Waals surface area contributed by atoms with Crippen LogP contribution in [0, 0.1) is 0 Å². The highest BCUT2D eigenvalue weighted by molar-refractivity contribution is 5.67. The fourth-order valence-electron chi connectivity index (χ4n) is 2.38. The topological polar surface area (TPSA) is 43.0 Å². The molecule has 4 nitrogen and oxygen atoms in total. The predicted molar refractivity (Wildman–Crippen MR) is 74.9 cm³/mol. The first-order valence-corrected chi connectivity index (χ1v) is 6.99. The van der Waals surface area contributed by atoms with E-state index in [0.717, 1.165) is 18.0 Å². The minimum absolute atomic E-state index is 0.412. The van der Waals surface area contributed by atoms with Crippen LogP contribution in [0.4, 0.5) is 0 Å². The van der Waals surface area contributed by atoms with Crippen molar-refractivity contribution in [2.24, 2.45) is 7.05 Å². The monoisotopic (exact) mass is 259 g/mol. The highest BCUT2D eigenvalue weighted by atomic mass is 16.3. The zero-order chi connectivity index (χ0) is 13.4. The first kappa shape index (κ1) is 12.5. The van der Waals surface area contributed by atoms with Gasteiger partial charge in [0.25, 0.3) is 0 Å². The summed E-state index contributed by atoms with van der Waals surface area (Å²) in [6.07, 6.45) is 6.44. The average molecular weight is 259 g/mol. The first-order valence-electron chi connectivity index (χ1n) is 6.99. The number of hydrogen-bond acceptors (Lipinski definition) is 3. The molecule has 102 valence electrons. The summed E-state index contributed by atoms with van der Waals surface area (Å²) in [6.45, 7) is 5.15. The van der Waals surface area contributed by atoms with Crippen LogP contribution in [0.2, 0.25) is 0 Å². The molecule has 4 heteroatoms. The largest absolute Gasteiger partial charge is 0.467 e. The van der Waals surface area contributed by atoms with Crippen LogP contribution in [-0.2, 0) is 13.6 Å². The summed E-state index contributed by atoms with van der Waals surface area (Å²) in [5, 5.41) is 8.07. The van der Waals surface area contributed by atoms with Crippen molar-refractivity contribution in [1.82, 2.24) is 15.1 Å². The molecular formula is C15H21N3O. The van der Waals surface area contributed by atoms with Gasteiger partial charge in [-0.1, -0.05) is 13.8 Å². The van der Waals surface area contributed by atoms with E-state index >= 15 is 0 Å². The van der Waals surface area contributed by atoms with Gasteiger partial charge >= 0.3 is 0 Å². The molecule has 2 aromatic rings. The first-order chi connectivity index (χ1) is 9.15. The molecule has 0 saturated heterocycles. The van der Waals surface area contributed by atoms with E-state index in [4.69, 9.17) is 4.42 Å². The molecule has 0 amide bonds. The molecule has 0 atom stereocenters. The Hall–Kier alpha value is -1.55. The van der Waals surface area contributed by atoms with Crippen molar-refractivity contribution in [3.8, 4) is 11.1 Å². The number of rotatable bonds is 5. The number of aryl methyl sites for hydroxylation is 1. The van der Waals surface area contributed by atoms with Gasteiger partial charge in [0.1, 0.15) is 5.76 Å². The van der Waals surface area contributed by atoms with Crippen molar-refractivity contribution in [3.05, 3.63) is 30.0 Å². The maximum absolute atomic E-state index is 5.64. The van der Waals surface area contributed by atoms with E-state index in [-0.39, 0.29) is 0 Å². The van der Waals surface area contributed by atoms with Gasteiger partial charge in [0.2, 0.25) is 0 Å². The Balaban J connectivity index is 1.90. The zero-order valence-electron chi connectivity index (χ0n) is 11.8. The molecule has 1 aliphatic rings. The van der Waals surface area contributed by atoms with Gasteiger partial charge in [-0.15, -0.1) is 0 Å². The fraction of sp³-hybridized carbons (Fsp3) is 0.533. The molecule has 1 saturated carbocycles. The van der Waals surface area contributed by atoms with Crippen LogP contribution in [0.5, 0.6) is 0 Å². The van der Waals surface area contributed by atoms with Crippen LogP contribution in [0.25, 0.3) is 11.1 Å². The Bertz CT molecular complexity index is 564. The Morgan fingerprint density at radius 1 is 1.42 bits per heavy atom. The summed E-state index contributed by atoms with van der Waals surface area (Å²) in [5.41, 5.74) is 3.50. The zero-order valence-corrected chi connectivity index (χ0v) is 11.8. The SMILES string of the molecule is CC(C)c1nn(C)cc1-c1ccoc1CNC1CC1. The van der Waals surface area contributed by atoms with Crippen molar-refractivity contribution < 1.29 is 4.42 Å². The molecule has 0 spiro atoms. The molecule has 0 radical (unpaired) electrons. The third kappa shape index (κ3) is 2.59. The van der Waals surface area contributed by atoms with Crippen molar-refractivity contribution in [2.45, 2.75) is 45.2 Å². The smallest absolute Gasteiger partial charge is 0.125 e. The Kier molecular flexibility index (Phi) is 3.19. The maximum atomic E-state index is 5.64. The molecule has 3 rings (SSSR count). The third-order valence-electron chi connectivity index (χ3n) is 3.57. The van der Waals surface area contributed by atoms with E-state index in [1.807, 2.05) is 17.8 Å². The van der Waals surface area contributed by atoms with Gasteiger partial charge in [-0.3, -0.25) is 4.68 Å². The lowest BCUT2D eigenvalue weighted by molar-refractivity contribution is 0.483. The summed E-state index contributed by atoms with van der Waals surface area (Å²) in [4.78, 5) is 0. The molecule has 0 bridgehead atoms. The molecule has 0 aliphatic heterocycles. The van der Waals surface area contributed by atoms with Gasteiger partial charge in [-0.25, -0.2) is 0 Å². The molecule has 2 aromatic heterocycles. The number of aromatic nitrogens is 2. The molecule has 19 heavy (non-hydrogen) atoms. The maximum Gasteiger partial charge on any atom is 0.125 e.